The van der Waals surface area contributed by atoms with Crippen LogP contribution in [0.25, 0.3) is 0 Å². The maximum absolute atomic E-state index is 13.0. The molecule has 0 aliphatic rings. The number of halogens is 4. The van der Waals surface area contributed by atoms with E-state index < -0.39 is 35.5 Å². The minimum Gasteiger partial charge on any atom is -0.466 e. The molecule has 1 aromatic rings. The molecule has 3 nitrogen and oxygen atoms in total. The number of alkyl halides is 3. The minimum absolute atomic E-state index is 0.0446. The number of hydrogen-bond acceptors (Lipinski definition) is 3. The van der Waals surface area contributed by atoms with E-state index in [0.29, 0.717) is 6.20 Å². The number of pyridine rings is 1. The number of aromatic nitrogens is 1. The van der Waals surface area contributed by atoms with Gasteiger partial charge >= 0.3 is 12.1 Å². The van der Waals surface area contributed by atoms with Crippen LogP contribution in [0.1, 0.15) is 18.1 Å². The average molecular weight is 251 g/mol. The highest BCUT2D eigenvalue weighted by atomic mass is 19.4. The zero-order chi connectivity index (χ0) is 13.1. The second-order valence-corrected chi connectivity index (χ2v) is 3.14. The first-order valence-electron chi connectivity index (χ1n) is 4.71. The van der Waals surface area contributed by atoms with Crippen LogP contribution in [0.15, 0.2) is 12.4 Å². The molecule has 1 aromatic heterocycles. The topological polar surface area (TPSA) is 39.2 Å². The molecular formula is C10H9F4NO2. The SMILES string of the molecule is CCOC(=O)Cc1cncc(F)c1C(F)(F)F. The standard InChI is InChI=1S/C10H9F4NO2/c1-2-17-8(16)3-6-4-15-5-7(11)9(6)10(12,13)14/h4-5H,2-3H2,1H3. The minimum atomic E-state index is -4.87. The van der Waals surface area contributed by atoms with Crippen LogP contribution in [0, 0.1) is 5.82 Å². The quantitative estimate of drug-likeness (QED) is 0.611. The third-order valence-electron chi connectivity index (χ3n) is 1.90. The lowest BCUT2D eigenvalue weighted by Crippen LogP contribution is -2.16. The van der Waals surface area contributed by atoms with Gasteiger partial charge in [0.1, 0.15) is 0 Å². The van der Waals surface area contributed by atoms with Crippen LogP contribution in [0.4, 0.5) is 17.6 Å². The van der Waals surface area contributed by atoms with Crippen LogP contribution in [0.5, 0.6) is 0 Å². The molecular weight excluding hydrogens is 242 g/mol. The van der Waals surface area contributed by atoms with Crippen molar-refractivity contribution in [2.45, 2.75) is 19.5 Å². The molecule has 0 bridgehead atoms. The van der Waals surface area contributed by atoms with Gasteiger partial charge in [0.05, 0.1) is 24.8 Å². The van der Waals surface area contributed by atoms with E-state index in [0.717, 1.165) is 6.20 Å². The molecule has 94 valence electrons. The van der Waals surface area contributed by atoms with E-state index in [9.17, 15) is 22.4 Å². The summed E-state index contributed by atoms with van der Waals surface area (Å²) in [6.07, 6.45) is -4.26. The summed E-state index contributed by atoms with van der Waals surface area (Å²) in [5.41, 5.74) is -2.00. The van der Waals surface area contributed by atoms with Crippen LogP contribution in [-0.4, -0.2) is 17.6 Å². The van der Waals surface area contributed by atoms with Gasteiger partial charge in [0.25, 0.3) is 0 Å². The van der Waals surface area contributed by atoms with Crippen molar-refractivity contribution < 1.29 is 27.1 Å². The number of rotatable bonds is 3. The predicted molar refractivity (Wildman–Crippen MR) is 49.5 cm³/mol. The van der Waals surface area contributed by atoms with E-state index in [2.05, 4.69) is 9.72 Å². The maximum Gasteiger partial charge on any atom is 0.419 e. The summed E-state index contributed by atoms with van der Waals surface area (Å²) in [4.78, 5) is 14.4. The highest BCUT2D eigenvalue weighted by molar-refractivity contribution is 5.73. The van der Waals surface area contributed by atoms with Crippen LogP contribution in [-0.2, 0) is 22.1 Å². The number of nitrogens with zero attached hydrogens (tertiary/aromatic N) is 1. The first-order chi connectivity index (χ1) is 7.86. The lowest BCUT2D eigenvalue weighted by Gasteiger charge is -2.12. The number of hydrogen-bond donors (Lipinski definition) is 0. The smallest absolute Gasteiger partial charge is 0.419 e. The van der Waals surface area contributed by atoms with Crippen molar-refractivity contribution in [2.75, 3.05) is 6.61 Å². The molecule has 0 unspecified atom stereocenters. The Bertz CT molecular complexity index is 417. The monoisotopic (exact) mass is 251 g/mol. The molecule has 17 heavy (non-hydrogen) atoms. The third kappa shape index (κ3) is 3.40. The van der Waals surface area contributed by atoms with Crippen LogP contribution < -0.4 is 0 Å². The van der Waals surface area contributed by atoms with Gasteiger partial charge in [0.15, 0.2) is 5.82 Å². The Labute approximate surface area is 94.4 Å². The van der Waals surface area contributed by atoms with Crippen LogP contribution in [0.3, 0.4) is 0 Å². The molecule has 0 fully saturated rings. The molecule has 0 saturated carbocycles. The molecule has 1 rings (SSSR count). The summed E-state index contributed by atoms with van der Waals surface area (Å²) in [6.45, 7) is 1.56. The number of ether oxygens (including phenoxy) is 1. The second-order valence-electron chi connectivity index (χ2n) is 3.14. The molecule has 0 aliphatic heterocycles. The fraction of sp³-hybridized carbons (Fsp3) is 0.400. The Morgan fingerprint density at radius 1 is 1.41 bits per heavy atom. The summed E-state index contributed by atoms with van der Waals surface area (Å²) in [5.74, 6) is -2.36. The van der Waals surface area contributed by atoms with Crippen LogP contribution >= 0.6 is 0 Å². The molecule has 0 aromatic carbocycles. The van der Waals surface area contributed by atoms with Gasteiger partial charge < -0.3 is 4.74 Å². The molecule has 0 amide bonds. The van der Waals surface area contributed by atoms with Gasteiger partial charge in [0.2, 0.25) is 0 Å². The fourth-order valence-corrected chi connectivity index (χ4v) is 1.29. The van der Waals surface area contributed by atoms with Crippen molar-refractivity contribution in [3.8, 4) is 0 Å². The molecule has 1 heterocycles. The van der Waals surface area contributed by atoms with Gasteiger partial charge in [-0.15, -0.1) is 0 Å². The molecule has 7 heteroatoms. The zero-order valence-corrected chi connectivity index (χ0v) is 8.84. The van der Waals surface area contributed by atoms with E-state index in [4.69, 9.17) is 0 Å². The molecule has 0 N–H and O–H groups in total. The molecule has 0 aliphatic carbocycles. The Kier molecular flexibility index (Phi) is 4.03. The highest BCUT2D eigenvalue weighted by Crippen LogP contribution is 2.33. The van der Waals surface area contributed by atoms with E-state index in [1.54, 1.807) is 0 Å². The lowest BCUT2D eigenvalue weighted by molar-refractivity contribution is -0.144. The van der Waals surface area contributed by atoms with Gasteiger partial charge in [0, 0.05) is 6.20 Å². The Morgan fingerprint density at radius 2 is 2.06 bits per heavy atom. The largest absolute Gasteiger partial charge is 0.466 e. The molecule has 0 saturated heterocycles. The molecule has 0 radical (unpaired) electrons. The predicted octanol–water partition coefficient (Wildman–Crippen LogP) is 2.35. The summed E-state index contributed by atoms with van der Waals surface area (Å²) >= 11 is 0. The Morgan fingerprint density at radius 3 is 2.59 bits per heavy atom. The first kappa shape index (κ1) is 13.4. The zero-order valence-electron chi connectivity index (χ0n) is 8.84. The summed E-state index contributed by atoms with van der Waals surface area (Å²) < 4.78 is 55.1. The Balaban J connectivity index is 3.08. The van der Waals surface area contributed by atoms with E-state index in [1.165, 1.54) is 6.92 Å². The van der Waals surface area contributed by atoms with E-state index in [1.807, 2.05) is 0 Å². The normalized spacial score (nSPS) is 11.4. The van der Waals surface area contributed by atoms with Crippen molar-refractivity contribution in [3.05, 3.63) is 29.3 Å². The van der Waals surface area contributed by atoms with Crippen LogP contribution in [0.2, 0.25) is 0 Å². The van der Waals surface area contributed by atoms with Crippen molar-refractivity contribution in [1.29, 1.82) is 0 Å². The fourth-order valence-electron chi connectivity index (χ4n) is 1.29. The van der Waals surface area contributed by atoms with Gasteiger partial charge in [-0.3, -0.25) is 9.78 Å². The maximum atomic E-state index is 13.0. The van der Waals surface area contributed by atoms with Gasteiger partial charge in [-0.2, -0.15) is 13.2 Å². The van der Waals surface area contributed by atoms with E-state index >= 15 is 0 Å². The lowest BCUT2D eigenvalue weighted by atomic mass is 10.1. The van der Waals surface area contributed by atoms with E-state index in [-0.39, 0.29) is 6.61 Å². The number of carbonyl (C=O) groups excluding carboxylic acids is 1. The number of esters is 1. The van der Waals surface area contributed by atoms with Crippen molar-refractivity contribution in [2.24, 2.45) is 0 Å². The average Bonchev–Trinajstić information content (AvgIpc) is 2.15. The van der Waals surface area contributed by atoms with Gasteiger partial charge in [-0.05, 0) is 12.5 Å². The third-order valence-corrected chi connectivity index (χ3v) is 1.90. The molecule has 0 spiro atoms. The first-order valence-corrected chi connectivity index (χ1v) is 4.71. The summed E-state index contributed by atoms with van der Waals surface area (Å²) in [6, 6.07) is 0. The highest BCUT2D eigenvalue weighted by Gasteiger charge is 2.37. The van der Waals surface area contributed by atoms with Crippen molar-refractivity contribution >= 4 is 5.97 Å². The van der Waals surface area contributed by atoms with Gasteiger partial charge in [-0.25, -0.2) is 4.39 Å². The van der Waals surface area contributed by atoms with Gasteiger partial charge in [-0.1, -0.05) is 0 Å². The van der Waals surface area contributed by atoms with Crippen molar-refractivity contribution in [1.82, 2.24) is 4.98 Å². The summed E-state index contributed by atoms with van der Waals surface area (Å²) in [7, 11) is 0. The van der Waals surface area contributed by atoms with Crippen molar-refractivity contribution in [3.63, 3.8) is 0 Å². The Hall–Kier alpha value is -1.66. The summed E-state index contributed by atoms with van der Waals surface area (Å²) in [5, 5.41) is 0. The second kappa shape index (κ2) is 5.11. The molecule has 0 atom stereocenters. The number of carbonyl (C=O) groups is 1.